The topological polar surface area (TPSA) is 113 Å². The van der Waals surface area contributed by atoms with Crippen LogP contribution in [0, 0.1) is 11.8 Å². The SMILES string of the molecule is CCOC(=O)c1c(NC(=O)c2ccc(S(=O)(=O)N3C[C@H](C)C[C@@H](C)C3)cc2)sc2c1CCN(C(C)=O)C2. The molecule has 200 valence electrons. The van der Waals surface area contributed by atoms with Crippen LogP contribution in [0.2, 0.25) is 0 Å². The third-order valence-electron chi connectivity index (χ3n) is 6.80. The lowest BCUT2D eigenvalue weighted by Crippen LogP contribution is -2.42. The van der Waals surface area contributed by atoms with Crippen LogP contribution in [0.25, 0.3) is 0 Å². The van der Waals surface area contributed by atoms with Crippen molar-refractivity contribution in [3.63, 3.8) is 0 Å². The first-order chi connectivity index (χ1) is 17.5. The lowest BCUT2D eigenvalue weighted by molar-refractivity contribution is -0.129. The molecule has 11 heteroatoms. The third kappa shape index (κ3) is 5.73. The third-order valence-corrected chi connectivity index (χ3v) is 9.78. The van der Waals surface area contributed by atoms with E-state index in [9.17, 15) is 22.8 Å². The Kier molecular flexibility index (Phi) is 8.05. The minimum absolute atomic E-state index is 0.0502. The molecule has 2 aromatic rings. The number of ether oxygens (including phenoxy) is 1. The number of anilines is 1. The number of nitrogens with one attached hydrogen (secondary N) is 1. The molecule has 1 fully saturated rings. The molecule has 1 saturated heterocycles. The zero-order chi connectivity index (χ0) is 26.9. The zero-order valence-electron chi connectivity index (χ0n) is 21.6. The Balaban J connectivity index is 1.56. The lowest BCUT2D eigenvalue weighted by atomic mass is 9.94. The van der Waals surface area contributed by atoms with Crippen LogP contribution in [0.5, 0.6) is 0 Å². The Morgan fingerprint density at radius 3 is 2.35 bits per heavy atom. The largest absolute Gasteiger partial charge is 0.462 e. The van der Waals surface area contributed by atoms with E-state index in [1.165, 1.54) is 46.8 Å². The number of carbonyl (C=O) groups is 3. The van der Waals surface area contributed by atoms with Crippen molar-refractivity contribution in [2.24, 2.45) is 11.8 Å². The van der Waals surface area contributed by atoms with Gasteiger partial charge in [-0.15, -0.1) is 11.3 Å². The fraction of sp³-hybridized carbons (Fsp3) is 0.500. The second-order valence-corrected chi connectivity index (χ2v) is 12.9. The van der Waals surface area contributed by atoms with E-state index in [1.54, 1.807) is 11.8 Å². The molecule has 1 N–H and O–H groups in total. The van der Waals surface area contributed by atoms with Gasteiger partial charge in [0.25, 0.3) is 5.91 Å². The van der Waals surface area contributed by atoms with Crippen LogP contribution in [0.4, 0.5) is 5.00 Å². The first-order valence-electron chi connectivity index (χ1n) is 12.5. The van der Waals surface area contributed by atoms with E-state index in [0.717, 1.165) is 16.9 Å². The number of benzene rings is 1. The zero-order valence-corrected chi connectivity index (χ0v) is 23.2. The van der Waals surface area contributed by atoms with Crippen molar-refractivity contribution < 1.29 is 27.5 Å². The molecule has 0 unspecified atom stereocenters. The summed E-state index contributed by atoms with van der Waals surface area (Å²) in [5.41, 5.74) is 1.39. The highest BCUT2D eigenvalue weighted by molar-refractivity contribution is 7.89. The minimum atomic E-state index is -3.66. The first kappa shape index (κ1) is 27.3. The number of sulfonamides is 1. The van der Waals surface area contributed by atoms with E-state index in [2.05, 4.69) is 19.2 Å². The van der Waals surface area contributed by atoms with Crippen molar-refractivity contribution in [2.45, 2.75) is 52.0 Å². The molecule has 0 radical (unpaired) electrons. The molecule has 1 aromatic heterocycles. The van der Waals surface area contributed by atoms with Crippen molar-refractivity contribution in [1.82, 2.24) is 9.21 Å². The molecule has 0 bridgehead atoms. The number of hydrogen-bond acceptors (Lipinski definition) is 7. The maximum Gasteiger partial charge on any atom is 0.341 e. The number of esters is 1. The van der Waals surface area contributed by atoms with Crippen LogP contribution in [0.3, 0.4) is 0 Å². The molecule has 4 rings (SSSR count). The van der Waals surface area contributed by atoms with E-state index in [1.807, 2.05) is 0 Å². The fourth-order valence-corrected chi connectivity index (χ4v) is 8.01. The Labute approximate surface area is 221 Å². The second kappa shape index (κ2) is 10.9. The van der Waals surface area contributed by atoms with Gasteiger partial charge in [-0.2, -0.15) is 4.31 Å². The maximum atomic E-state index is 13.2. The second-order valence-electron chi connectivity index (χ2n) is 9.87. The average Bonchev–Trinajstić information content (AvgIpc) is 3.20. The molecule has 0 spiro atoms. The van der Waals surface area contributed by atoms with Crippen molar-refractivity contribution in [3.8, 4) is 0 Å². The van der Waals surface area contributed by atoms with Gasteiger partial charge in [-0.25, -0.2) is 13.2 Å². The lowest BCUT2D eigenvalue weighted by Gasteiger charge is -2.34. The molecule has 9 nitrogen and oxygen atoms in total. The van der Waals surface area contributed by atoms with Crippen molar-refractivity contribution >= 4 is 44.1 Å². The predicted molar refractivity (Wildman–Crippen MR) is 141 cm³/mol. The van der Waals surface area contributed by atoms with E-state index in [-0.39, 0.29) is 34.8 Å². The van der Waals surface area contributed by atoms with Gasteiger partial charge in [0.15, 0.2) is 0 Å². The van der Waals surface area contributed by atoms with E-state index in [0.29, 0.717) is 43.2 Å². The molecule has 2 atom stereocenters. The Morgan fingerprint density at radius 1 is 1.11 bits per heavy atom. The van der Waals surface area contributed by atoms with Crippen LogP contribution in [0.15, 0.2) is 29.2 Å². The number of amides is 2. The highest BCUT2D eigenvalue weighted by Crippen LogP contribution is 2.38. The number of carbonyl (C=O) groups excluding carboxylic acids is 3. The van der Waals surface area contributed by atoms with Gasteiger partial charge < -0.3 is 15.0 Å². The Bertz CT molecular complexity index is 1290. The Morgan fingerprint density at radius 2 is 1.76 bits per heavy atom. The van der Waals surface area contributed by atoms with Gasteiger partial charge >= 0.3 is 5.97 Å². The van der Waals surface area contributed by atoms with Crippen molar-refractivity contribution in [3.05, 3.63) is 45.8 Å². The molecule has 2 aliphatic heterocycles. The molecule has 2 aliphatic rings. The summed E-state index contributed by atoms with van der Waals surface area (Å²) in [5.74, 6) is -0.451. The van der Waals surface area contributed by atoms with E-state index >= 15 is 0 Å². The number of fused-ring (bicyclic) bond motifs is 1. The number of nitrogens with zero attached hydrogens (tertiary/aromatic N) is 2. The monoisotopic (exact) mass is 547 g/mol. The standard InChI is InChI=1S/C26H33N3O6S2/c1-5-35-26(32)23-21-10-11-28(18(4)30)15-22(21)36-25(23)27-24(31)19-6-8-20(9-7-19)37(33,34)29-13-16(2)12-17(3)14-29/h6-9,16-17H,5,10-15H2,1-4H3,(H,27,31)/t16-,17-/m1/s1. The van der Waals surface area contributed by atoms with Gasteiger partial charge in [0.05, 0.1) is 23.6 Å². The summed E-state index contributed by atoms with van der Waals surface area (Å²) in [6, 6.07) is 5.86. The molecule has 1 aromatic carbocycles. The normalized spacial score (nSPS) is 20.3. The molecular weight excluding hydrogens is 514 g/mol. The quantitative estimate of drug-likeness (QED) is 0.551. The Hall–Kier alpha value is -2.76. The molecule has 0 saturated carbocycles. The van der Waals surface area contributed by atoms with Gasteiger partial charge in [-0.05, 0) is 61.4 Å². The first-order valence-corrected chi connectivity index (χ1v) is 14.8. The number of thiophene rings is 1. The summed E-state index contributed by atoms with van der Waals surface area (Å²) in [4.78, 5) is 40.4. The number of piperidine rings is 1. The summed E-state index contributed by atoms with van der Waals surface area (Å²) in [5, 5.41) is 3.18. The summed E-state index contributed by atoms with van der Waals surface area (Å²) < 4.78 is 33.1. The molecule has 37 heavy (non-hydrogen) atoms. The van der Waals surface area contributed by atoms with E-state index in [4.69, 9.17) is 4.74 Å². The van der Waals surface area contributed by atoms with Crippen LogP contribution in [-0.4, -0.2) is 61.6 Å². The molecule has 2 amide bonds. The number of rotatable bonds is 6. The number of hydrogen-bond donors (Lipinski definition) is 1. The minimum Gasteiger partial charge on any atom is -0.462 e. The van der Waals surface area contributed by atoms with Gasteiger partial charge in [0, 0.05) is 37.0 Å². The van der Waals surface area contributed by atoms with Gasteiger partial charge in [0.2, 0.25) is 15.9 Å². The van der Waals surface area contributed by atoms with Gasteiger partial charge in [0.1, 0.15) is 5.00 Å². The van der Waals surface area contributed by atoms with Gasteiger partial charge in [-0.1, -0.05) is 13.8 Å². The highest BCUT2D eigenvalue weighted by atomic mass is 32.2. The van der Waals surface area contributed by atoms with E-state index < -0.39 is 21.9 Å². The van der Waals surface area contributed by atoms with Gasteiger partial charge in [-0.3, -0.25) is 9.59 Å². The van der Waals surface area contributed by atoms with Crippen LogP contribution < -0.4 is 5.32 Å². The summed E-state index contributed by atoms with van der Waals surface area (Å²) >= 11 is 1.26. The molecule has 0 aliphatic carbocycles. The fourth-order valence-electron chi connectivity index (χ4n) is 5.08. The predicted octanol–water partition coefficient (Wildman–Crippen LogP) is 3.75. The van der Waals surface area contributed by atoms with Crippen LogP contribution in [-0.2, 0) is 32.5 Å². The summed E-state index contributed by atoms with van der Waals surface area (Å²) in [6.45, 7) is 9.34. The average molecular weight is 548 g/mol. The summed E-state index contributed by atoms with van der Waals surface area (Å²) in [7, 11) is -3.66. The van der Waals surface area contributed by atoms with Crippen LogP contribution >= 0.6 is 11.3 Å². The molecular formula is C26H33N3O6S2. The maximum absolute atomic E-state index is 13.2. The molecule has 3 heterocycles. The van der Waals surface area contributed by atoms with Crippen LogP contribution in [0.1, 0.15) is 65.3 Å². The summed E-state index contributed by atoms with van der Waals surface area (Å²) in [6.07, 6.45) is 1.49. The highest BCUT2D eigenvalue weighted by Gasteiger charge is 2.33. The van der Waals surface area contributed by atoms with Crippen molar-refractivity contribution in [2.75, 3.05) is 31.6 Å². The smallest absolute Gasteiger partial charge is 0.341 e. The van der Waals surface area contributed by atoms with Crippen molar-refractivity contribution in [1.29, 1.82) is 0 Å².